The second-order valence-electron chi connectivity index (χ2n) is 3.98. The Morgan fingerprint density at radius 1 is 1.40 bits per heavy atom. The van der Waals surface area contributed by atoms with Crippen LogP contribution in [0.15, 0.2) is 0 Å². The van der Waals surface area contributed by atoms with Crippen molar-refractivity contribution in [1.29, 1.82) is 0 Å². The van der Waals surface area contributed by atoms with Gasteiger partial charge in [-0.2, -0.15) is 0 Å². The lowest BCUT2D eigenvalue weighted by Crippen LogP contribution is -2.30. The molecule has 0 radical (unpaired) electrons. The fourth-order valence-electron chi connectivity index (χ4n) is 1.73. The molecule has 1 heterocycles. The minimum absolute atomic E-state index is 0.232. The van der Waals surface area contributed by atoms with Gasteiger partial charge in [-0.15, -0.1) is 11.3 Å². The second-order valence-corrected chi connectivity index (χ2v) is 5.38. The summed E-state index contributed by atoms with van der Waals surface area (Å²) >= 11 is 1.74. The Bertz CT molecular complexity index is 312. The van der Waals surface area contributed by atoms with Gasteiger partial charge in [0.25, 0.3) is 0 Å². The molecule has 15 heavy (non-hydrogen) atoms. The number of aromatic nitrogens is 1. The Hall–Kier alpha value is -0.450. The average Bonchev–Trinajstić information content (AvgIpc) is 2.45. The van der Waals surface area contributed by atoms with Gasteiger partial charge >= 0.3 is 0 Å². The first-order valence-electron chi connectivity index (χ1n) is 5.35. The SMILES string of the molecule is Cc1nc(C(C)NC(C)CCO)c(C)s1. The van der Waals surface area contributed by atoms with Crippen molar-refractivity contribution >= 4 is 11.3 Å². The van der Waals surface area contributed by atoms with Crippen LogP contribution in [0.5, 0.6) is 0 Å². The van der Waals surface area contributed by atoms with Crippen LogP contribution >= 0.6 is 11.3 Å². The summed E-state index contributed by atoms with van der Waals surface area (Å²) in [6, 6.07) is 0.586. The molecule has 2 unspecified atom stereocenters. The van der Waals surface area contributed by atoms with E-state index in [1.165, 1.54) is 4.88 Å². The molecule has 4 heteroatoms. The number of aryl methyl sites for hydroxylation is 2. The van der Waals surface area contributed by atoms with E-state index >= 15 is 0 Å². The van der Waals surface area contributed by atoms with Gasteiger partial charge in [0.15, 0.2) is 0 Å². The van der Waals surface area contributed by atoms with Crippen molar-refractivity contribution < 1.29 is 5.11 Å². The average molecular weight is 228 g/mol. The highest BCUT2D eigenvalue weighted by Crippen LogP contribution is 2.22. The van der Waals surface area contributed by atoms with Gasteiger partial charge in [-0.1, -0.05) is 0 Å². The van der Waals surface area contributed by atoms with Crippen LogP contribution in [0.3, 0.4) is 0 Å². The van der Waals surface area contributed by atoms with Crippen LogP contribution in [0.25, 0.3) is 0 Å². The Morgan fingerprint density at radius 3 is 2.53 bits per heavy atom. The zero-order chi connectivity index (χ0) is 11.4. The molecule has 0 aliphatic rings. The quantitative estimate of drug-likeness (QED) is 0.812. The van der Waals surface area contributed by atoms with Gasteiger partial charge in [0, 0.05) is 23.6 Å². The Kier molecular flexibility index (Phi) is 4.70. The van der Waals surface area contributed by atoms with Gasteiger partial charge in [0.2, 0.25) is 0 Å². The Labute approximate surface area is 95.6 Å². The van der Waals surface area contributed by atoms with Crippen molar-refractivity contribution in [3.8, 4) is 0 Å². The van der Waals surface area contributed by atoms with Gasteiger partial charge in [0.1, 0.15) is 0 Å². The molecule has 0 fully saturated rings. The minimum Gasteiger partial charge on any atom is -0.396 e. The fourth-order valence-corrected chi connectivity index (χ4v) is 2.64. The van der Waals surface area contributed by atoms with Crippen molar-refractivity contribution in [3.63, 3.8) is 0 Å². The zero-order valence-corrected chi connectivity index (χ0v) is 10.7. The summed E-state index contributed by atoms with van der Waals surface area (Å²) in [5.41, 5.74) is 1.14. The summed E-state index contributed by atoms with van der Waals surface area (Å²) in [6.45, 7) is 8.58. The molecule has 86 valence electrons. The lowest BCUT2D eigenvalue weighted by Gasteiger charge is -2.18. The van der Waals surface area contributed by atoms with Gasteiger partial charge in [0.05, 0.1) is 10.7 Å². The highest BCUT2D eigenvalue weighted by Gasteiger charge is 2.14. The molecule has 0 aliphatic carbocycles. The van der Waals surface area contributed by atoms with E-state index in [0.29, 0.717) is 6.04 Å². The first kappa shape index (κ1) is 12.6. The van der Waals surface area contributed by atoms with Gasteiger partial charge < -0.3 is 10.4 Å². The zero-order valence-electron chi connectivity index (χ0n) is 9.87. The molecule has 0 amide bonds. The summed E-state index contributed by atoms with van der Waals surface area (Å²) in [5.74, 6) is 0. The third-order valence-electron chi connectivity index (χ3n) is 2.45. The maximum Gasteiger partial charge on any atom is 0.0900 e. The van der Waals surface area contributed by atoms with E-state index in [1.54, 1.807) is 11.3 Å². The maximum atomic E-state index is 8.83. The molecular formula is C11H20N2OS. The molecule has 0 saturated heterocycles. The smallest absolute Gasteiger partial charge is 0.0900 e. The third-order valence-corrected chi connectivity index (χ3v) is 3.35. The maximum absolute atomic E-state index is 8.83. The molecule has 0 bridgehead atoms. The molecule has 0 aromatic carbocycles. The van der Waals surface area contributed by atoms with Crippen LogP contribution in [0.1, 0.15) is 41.9 Å². The monoisotopic (exact) mass is 228 g/mol. The van der Waals surface area contributed by atoms with E-state index in [2.05, 4.69) is 31.1 Å². The molecule has 1 aromatic heterocycles. The van der Waals surface area contributed by atoms with Gasteiger partial charge in [-0.05, 0) is 34.1 Å². The van der Waals surface area contributed by atoms with Gasteiger partial charge in [-0.3, -0.25) is 0 Å². The highest BCUT2D eigenvalue weighted by molar-refractivity contribution is 7.11. The minimum atomic E-state index is 0.232. The van der Waals surface area contributed by atoms with Crippen LogP contribution in [-0.4, -0.2) is 22.7 Å². The number of rotatable bonds is 5. The molecular weight excluding hydrogens is 208 g/mol. The van der Waals surface area contributed by atoms with E-state index in [4.69, 9.17) is 5.11 Å². The predicted molar refractivity (Wildman–Crippen MR) is 64.3 cm³/mol. The summed E-state index contributed by atoms with van der Waals surface area (Å²) in [4.78, 5) is 5.80. The van der Waals surface area contributed by atoms with Crippen LogP contribution in [-0.2, 0) is 0 Å². The number of thiazole rings is 1. The number of hydrogen-bond donors (Lipinski definition) is 2. The first-order chi connectivity index (χ1) is 7.04. The van der Waals surface area contributed by atoms with Crippen molar-refractivity contribution in [2.24, 2.45) is 0 Å². The molecule has 3 nitrogen and oxygen atoms in total. The van der Waals surface area contributed by atoms with Crippen molar-refractivity contribution in [2.75, 3.05) is 6.61 Å². The molecule has 2 atom stereocenters. The molecule has 2 N–H and O–H groups in total. The van der Waals surface area contributed by atoms with E-state index < -0.39 is 0 Å². The predicted octanol–water partition coefficient (Wildman–Crippen LogP) is 2.18. The van der Waals surface area contributed by atoms with Crippen LogP contribution in [0, 0.1) is 13.8 Å². The largest absolute Gasteiger partial charge is 0.396 e. The normalized spacial score (nSPS) is 15.3. The van der Waals surface area contributed by atoms with E-state index in [0.717, 1.165) is 17.1 Å². The number of aliphatic hydroxyl groups excluding tert-OH is 1. The van der Waals surface area contributed by atoms with Crippen LogP contribution < -0.4 is 5.32 Å². The molecule has 0 saturated carbocycles. The molecule has 0 aliphatic heterocycles. The van der Waals surface area contributed by atoms with Crippen LogP contribution in [0.2, 0.25) is 0 Å². The summed E-state index contributed by atoms with van der Waals surface area (Å²) in [7, 11) is 0. The number of aliphatic hydroxyl groups is 1. The number of nitrogens with one attached hydrogen (secondary N) is 1. The van der Waals surface area contributed by atoms with E-state index in [1.807, 2.05) is 6.92 Å². The van der Waals surface area contributed by atoms with E-state index in [-0.39, 0.29) is 12.6 Å². The Balaban J connectivity index is 2.60. The van der Waals surface area contributed by atoms with Crippen molar-refractivity contribution in [3.05, 3.63) is 15.6 Å². The fraction of sp³-hybridized carbons (Fsp3) is 0.727. The molecule has 0 spiro atoms. The highest BCUT2D eigenvalue weighted by atomic mass is 32.1. The summed E-state index contributed by atoms with van der Waals surface area (Å²) < 4.78 is 0. The second kappa shape index (κ2) is 5.58. The number of nitrogens with zero attached hydrogens (tertiary/aromatic N) is 1. The van der Waals surface area contributed by atoms with Gasteiger partial charge in [-0.25, -0.2) is 4.98 Å². The third kappa shape index (κ3) is 3.55. The van der Waals surface area contributed by atoms with Crippen molar-refractivity contribution in [1.82, 2.24) is 10.3 Å². The Morgan fingerprint density at radius 2 is 2.07 bits per heavy atom. The first-order valence-corrected chi connectivity index (χ1v) is 6.17. The summed E-state index contributed by atoms with van der Waals surface area (Å²) in [6.07, 6.45) is 0.784. The lowest BCUT2D eigenvalue weighted by molar-refractivity contribution is 0.264. The lowest BCUT2D eigenvalue weighted by atomic mass is 10.1. The molecule has 1 aromatic rings. The molecule has 1 rings (SSSR count). The summed E-state index contributed by atoms with van der Waals surface area (Å²) in [5, 5.41) is 13.4. The van der Waals surface area contributed by atoms with Crippen LogP contribution in [0.4, 0.5) is 0 Å². The number of hydrogen-bond acceptors (Lipinski definition) is 4. The topological polar surface area (TPSA) is 45.2 Å². The van der Waals surface area contributed by atoms with Crippen molar-refractivity contribution in [2.45, 2.75) is 46.2 Å². The van der Waals surface area contributed by atoms with E-state index in [9.17, 15) is 0 Å². The standard InChI is InChI=1S/C11H20N2OS/c1-7(5-6-14)12-8(2)11-9(3)15-10(4)13-11/h7-8,12,14H,5-6H2,1-4H3.